The molecule has 1 fully saturated rings. The van der Waals surface area contributed by atoms with Gasteiger partial charge in [-0.1, -0.05) is 35.0 Å². The van der Waals surface area contributed by atoms with Gasteiger partial charge in [0.2, 0.25) is 0 Å². The molecule has 1 amide bonds. The highest BCUT2D eigenvalue weighted by molar-refractivity contribution is 6.30. The average molecular weight is 412 g/mol. The summed E-state index contributed by atoms with van der Waals surface area (Å²) in [5.74, 6) is -0.109. The van der Waals surface area contributed by atoms with Crippen molar-refractivity contribution in [2.24, 2.45) is 0 Å². The highest BCUT2D eigenvalue weighted by atomic mass is 35.5. The lowest BCUT2D eigenvalue weighted by atomic mass is 10.1. The lowest BCUT2D eigenvalue weighted by Crippen LogP contribution is -2.43. The standard InChI is InChI=1S/C21H22ClN5O2/c22-18-7-5-16(6-8-18)12-27-14-20(24-25-27)21(28)26-10-2-4-19(13-26)29-15-17-3-1-9-23-11-17/h1,3,5-9,11,14,19H,2,4,10,12-13,15H2/t19-/m1/s1. The van der Waals surface area contributed by atoms with Crippen LogP contribution in [0, 0.1) is 0 Å². The van der Waals surface area contributed by atoms with Crippen LogP contribution in [0.25, 0.3) is 0 Å². The average Bonchev–Trinajstić information content (AvgIpc) is 3.23. The fourth-order valence-corrected chi connectivity index (χ4v) is 3.49. The van der Waals surface area contributed by atoms with Gasteiger partial charge in [-0.2, -0.15) is 0 Å². The molecule has 1 aliphatic heterocycles. The van der Waals surface area contributed by atoms with E-state index < -0.39 is 0 Å². The minimum absolute atomic E-state index is 0.0111. The fourth-order valence-electron chi connectivity index (χ4n) is 3.37. The Bertz CT molecular complexity index is 945. The molecule has 1 aromatic carbocycles. The number of rotatable bonds is 6. The second-order valence-electron chi connectivity index (χ2n) is 7.12. The number of nitrogens with zero attached hydrogens (tertiary/aromatic N) is 5. The molecule has 0 N–H and O–H groups in total. The predicted molar refractivity (Wildman–Crippen MR) is 109 cm³/mol. The summed E-state index contributed by atoms with van der Waals surface area (Å²) in [6.45, 7) is 2.30. The zero-order chi connectivity index (χ0) is 20.1. The van der Waals surface area contributed by atoms with E-state index in [-0.39, 0.29) is 12.0 Å². The SMILES string of the molecule is O=C(c1cn(Cc2ccc(Cl)cc2)nn1)N1CCC[C@@H](OCc2cccnc2)C1. The molecule has 0 radical (unpaired) electrons. The zero-order valence-corrected chi connectivity index (χ0v) is 16.7. The number of piperidine rings is 1. The van der Waals surface area contributed by atoms with Crippen LogP contribution >= 0.6 is 11.6 Å². The smallest absolute Gasteiger partial charge is 0.276 e. The Kier molecular flexibility index (Phi) is 6.17. The summed E-state index contributed by atoms with van der Waals surface area (Å²) in [5.41, 5.74) is 2.42. The van der Waals surface area contributed by atoms with Crippen molar-refractivity contribution in [3.63, 3.8) is 0 Å². The maximum absolute atomic E-state index is 12.9. The first-order chi connectivity index (χ1) is 14.2. The summed E-state index contributed by atoms with van der Waals surface area (Å²) in [5, 5.41) is 8.85. The number of benzene rings is 1. The van der Waals surface area contributed by atoms with Crippen LogP contribution in [0.1, 0.15) is 34.5 Å². The van der Waals surface area contributed by atoms with Crippen molar-refractivity contribution >= 4 is 17.5 Å². The van der Waals surface area contributed by atoms with Crippen molar-refractivity contribution in [3.05, 3.63) is 76.8 Å². The van der Waals surface area contributed by atoms with Crippen LogP contribution in [0.2, 0.25) is 5.02 Å². The van der Waals surface area contributed by atoms with Crippen molar-refractivity contribution in [2.45, 2.75) is 32.1 Å². The molecule has 3 aromatic rings. The van der Waals surface area contributed by atoms with E-state index in [4.69, 9.17) is 16.3 Å². The first-order valence-electron chi connectivity index (χ1n) is 9.62. The largest absolute Gasteiger partial charge is 0.372 e. The Balaban J connectivity index is 1.34. The fraction of sp³-hybridized carbons (Fsp3) is 0.333. The number of pyridine rings is 1. The monoisotopic (exact) mass is 411 g/mol. The molecule has 3 heterocycles. The lowest BCUT2D eigenvalue weighted by Gasteiger charge is -2.32. The number of amides is 1. The molecule has 4 rings (SSSR count). The molecule has 0 unspecified atom stereocenters. The van der Waals surface area contributed by atoms with Crippen LogP contribution in [0.5, 0.6) is 0 Å². The minimum atomic E-state index is -0.109. The van der Waals surface area contributed by atoms with Crippen LogP contribution in [0.15, 0.2) is 55.0 Å². The molecule has 0 saturated carbocycles. The molecule has 8 heteroatoms. The van der Waals surface area contributed by atoms with Crippen molar-refractivity contribution in [1.82, 2.24) is 24.9 Å². The van der Waals surface area contributed by atoms with E-state index in [1.54, 1.807) is 28.2 Å². The summed E-state index contributed by atoms with van der Waals surface area (Å²) in [4.78, 5) is 18.8. The van der Waals surface area contributed by atoms with Crippen LogP contribution in [-0.4, -0.2) is 50.0 Å². The van der Waals surface area contributed by atoms with Crippen LogP contribution in [0.3, 0.4) is 0 Å². The van der Waals surface area contributed by atoms with Gasteiger partial charge in [0.1, 0.15) is 0 Å². The van der Waals surface area contributed by atoms with Gasteiger partial charge in [0.15, 0.2) is 5.69 Å². The lowest BCUT2D eigenvalue weighted by molar-refractivity contribution is -0.00697. The molecule has 0 spiro atoms. The molecule has 2 aromatic heterocycles. The van der Waals surface area contributed by atoms with E-state index in [0.717, 1.165) is 24.0 Å². The van der Waals surface area contributed by atoms with Gasteiger partial charge in [-0.15, -0.1) is 5.10 Å². The Morgan fingerprint density at radius 3 is 2.86 bits per heavy atom. The van der Waals surface area contributed by atoms with E-state index in [2.05, 4.69) is 15.3 Å². The maximum atomic E-state index is 12.9. The number of aromatic nitrogens is 4. The summed E-state index contributed by atoms with van der Waals surface area (Å²) < 4.78 is 7.66. The van der Waals surface area contributed by atoms with Crippen LogP contribution in [-0.2, 0) is 17.9 Å². The van der Waals surface area contributed by atoms with Gasteiger partial charge < -0.3 is 9.64 Å². The first kappa shape index (κ1) is 19.5. The van der Waals surface area contributed by atoms with E-state index in [9.17, 15) is 4.79 Å². The van der Waals surface area contributed by atoms with Crippen molar-refractivity contribution in [2.75, 3.05) is 13.1 Å². The zero-order valence-electron chi connectivity index (χ0n) is 15.9. The number of hydrogen-bond donors (Lipinski definition) is 0. The van der Waals surface area contributed by atoms with E-state index in [0.29, 0.717) is 37.0 Å². The molecule has 0 aliphatic carbocycles. The quantitative estimate of drug-likeness (QED) is 0.622. The third kappa shape index (κ3) is 5.19. The molecule has 0 bridgehead atoms. The molecule has 29 heavy (non-hydrogen) atoms. The third-order valence-electron chi connectivity index (χ3n) is 4.89. The second-order valence-corrected chi connectivity index (χ2v) is 7.55. The molecule has 1 atom stereocenters. The molecular weight excluding hydrogens is 390 g/mol. The molecule has 1 saturated heterocycles. The van der Waals surface area contributed by atoms with Gasteiger partial charge in [-0.25, -0.2) is 4.68 Å². The highest BCUT2D eigenvalue weighted by Crippen LogP contribution is 2.17. The summed E-state index contributed by atoms with van der Waals surface area (Å²) in [6.07, 6.45) is 7.08. The van der Waals surface area contributed by atoms with Crippen molar-refractivity contribution in [3.8, 4) is 0 Å². The molecule has 7 nitrogen and oxygen atoms in total. The Morgan fingerprint density at radius 1 is 1.21 bits per heavy atom. The van der Waals surface area contributed by atoms with E-state index in [1.165, 1.54) is 0 Å². The minimum Gasteiger partial charge on any atom is -0.372 e. The number of ether oxygens (including phenoxy) is 1. The number of carbonyl (C=O) groups excluding carboxylic acids is 1. The van der Waals surface area contributed by atoms with Crippen LogP contribution in [0.4, 0.5) is 0 Å². The third-order valence-corrected chi connectivity index (χ3v) is 5.14. The summed E-state index contributed by atoms with van der Waals surface area (Å²) in [7, 11) is 0. The van der Waals surface area contributed by atoms with E-state index >= 15 is 0 Å². The molecular formula is C21H22ClN5O2. The highest BCUT2D eigenvalue weighted by Gasteiger charge is 2.26. The van der Waals surface area contributed by atoms with Crippen LogP contribution < -0.4 is 0 Å². The van der Waals surface area contributed by atoms with Gasteiger partial charge >= 0.3 is 0 Å². The van der Waals surface area contributed by atoms with Gasteiger partial charge in [0, 0.05) is 30.5 Å². The number of hydrogen-bond acceptors (Lipinski definition) is 5. The van der Waals surface area contributed by atoms with Crippen molar-refractivity contribution < 1.29 is 9.53 Å². The first-order valence-corrected chi connectivity index (χ1v) is 9.99. The Morgan fingerprint density at radius 2 is 2.07 bits per heavy atom. The maximum Gasteiger partial charge on any atom is 0.276 e. The second kappa shape index (κ2) is 9.15. The van der Waals surface area contributed by atoms with Gasteiger partial charge in [-0.05, 0) is 42.2 Å². The molecule has 150 valence electrons. The van der Waals surface area contributed by atoms with Gasteiger partial charge in [0.05, 0.1) is 25.5 Å². The normalized spacial score (nSPS) is 16.7. The Hall–Kier alpha value is -2.77. The number of carbonyl (C=O) groups is 1. The van der Waals surface area contributed by atoms with Gasteiger partial charge in [0.25, 0.3) is 5.91 Å². The summed E-state index contributed by atoms with van der Waals surface area (Å²) in [6, 6.07) is 11.4. The predicted octanol–water partition coefficient (Wildman–Crippen LogP) is 3.20. The Labute approximate surface area is 174 Å². The van der Waals surface area contributed by atoms with E-state index in [1.807, 2.05) is 36.4 Å². The summed E-state index contributed by atoms with van der Waals surface area (Å²) >= 11 is 5.92. The van der Waals surface area contributed by atoms with Crippen molar-refractivity contribution in [1.29, 1.82) is 0 Å². The topological polar surface area (TPSA) is 73.1 Å². The number of halogens is 1. The van der Waals surface area contributed by atoms with Gasteiger partial charge in [-0.3, -0.25) is 9.78 Å². The molecule has 1 aliphatic rings. The number of likely N-dealkylation sites (tertiary alicyclic amines) is 1.